The van der Waals surface area contributed by atoms with Crippen molar-refractivity contribution in [3.63, 3.8) is 0 Å². The molecule has 1 unspecified atom stereocenters. The summed E-state index contributed by atoms with van der Waals surface area (Å²) in [5.74, 6) is 0.677. The highest BCUT2D eigenvalue weighted by Crippen LogP contribution is 2.20. The van der Waals surface area contributed by atoms with E-state index in [1.165, 1.54) is 0 Å². The van der Waals surface area contributed by atoms with Crippen LogP contribution in [0.1, 0.15) is 35.1 Å². The maximum absolute atomic E-state index is 12.7. The van der Waals surface area contributed by atoms with Crippen molar-refractivity contribution in [2.45, 2.75) is 25.4 Å². The second-order valence-electron chi connectivity index (χ2n) is 6.59. The Labute approximate surface area is 158 Å². The smallest absolute Gasteiger partial charge is 0.274 e. The maximum atomic E-state index is 12.7. The number of hydrogen-bond acceptors (Lipinski definition) is 4. The minimum absolute atomic E-state index is 0. The first-order valence-electron chi connectivity index (χ1n) is 8.69. The van der Waals surface area contributed by atoms with Crippen molar-refractivity contribution in [3.8, 4) is 0 Å². The van der Waals surface area contributed by atoms with Gasteiger partial charge in [0, 0.05) is 25.2 Å². The predicted molar refractivity (Wildman–Crippen MR) is 103 cm³/mol. The zero-order valence-corrected chi connectivity index (χ0v) is 15.5. The number of rotatable bonds is 4. The Morgan fingerprint density at radius 2 is 2.23 bits per heavy atom. The average molecular weight is 375 g/mol. The van der Waals surface area contributed by atoms with Crippen molar-refractivity contribution in [2.75, 3.05) is 20.1 Å². The Morgan fingerprint density at radius 3 is 3.00 bits per heavy atom. The third-order valence-corrected chi connectivity index (χ3v) is 4.69. The molecule has 1 fully saturated rings. The summed E-state index contributed by atoms with van der Waals surface area (Å²) in [5, 5.41) is 8.91. The van der Waals surface area contributed by atoms with Crippen molar-refractivity contribution in [1.82, 2.24) is 20.0 Å². The summed E-state index contributed by atoms with van der Waals surface area (Å²) in [4.78, 5) is 14.3. The standard InChI is InChI=1S/C19H22N4O2.ClH/c1-22(13-16-11-14-5-2-3-7-18(14)25-16)19(24)17-8-10-23(21-17)15-6-4-9-20-12-15;/h2-3,5,7-8,10-11,15,20H,4,6,9,12-13H2,1H3;1H. The molecule has 1 amide bonds. The molecule has 3 heterocycles. The zero-order chi connectivity index (χ0) is 17.2. The van der Waals surface area contributed by atoms with Gasteiger partial charge in [0.15, 0.2) is 0 Å². The lowest BCUT2D eigenvalue weighted by Crippen LogP contribution is -2.32. The first-order valence-corrected chi connectivity index (χ1v) is 8.69. The van der Waals surface area contributed by atoms with Gasteiger partial charge in [0.05, 0.1) is 12.6 Å². The second kappa shape index (κ2) is 7.93. The SMILES string of the molecule is CN(Cc1cc2ccccc2o1)C(=O)c1ccn(C2CCCNC2)n1.Cl. The minimum atomic E-state index is -0.0945. The summed E-state index contributed by atoms with van der Waals surface area (Å²) in [6.07, 6.45) is 4.14. The van der Waals surface area contributed by atoms with E-state index >= 15 is 0 Å². The summed E-state index contributed by atoms with van der Waals surface area (Å²) in [7, 11) is 1.77. The van der Waals surface area contributed by atoms with Crippen LogP contribution in [0.15, 0.2) is 47.0 Å². The van der Waals surface area contributed by atoms with Crippen LogP contribution in [-0.2, 0) is 6.54 Å². The quantitative estimate of drug-likeness (QED) is 0.761. The molecule has 26 heavy (non-hydrogen) atoms. The van der Waals surface area contributed by atoms with Crippen molar-refractivity contribution in [3.05, 3.63) is 54.0 Å². The first-order chi connectivity index (χ1) is 12.2. The van der Waals surface area contributed by atoms with Gasteiger partial charge in [-0.15, -0.1) is 12.4 Å². The molecule has 6 nitrogen and oxygen atoms in total. The van der Waals surface area contributed by atoms with Gasteiger partial charge >= 0.3 is 0 Å². The number of piperidine rings is 1. The maximum Gasteiger partial charge on any atom is 0.274 e. The fourth-order valence-electron chi connectivity index (χ4n) is 3.33. The lowest BCUT2D eigenvalue weighted by molar-refractivity contribution is 0.0769. The molecule has 0 spiro atoms. The fourth-order valence-corrected chi connectivity index (χ4v) is 3.33. The zero-order valence-electron chi connectivity index (χ0n) is 14.7. The summed E-state index contributed by atoms with van der Waals surface area (Å²) in [6.45, 7) is 2.39. The van der Waals surface area contributed by atoms with Crippen molar-refractivity contribution in [2.24, 2.45) is 0 Å². The molecule has 1 aliphatic rings. The Morgan fingerprint density at radius 1 is 1.38 bits per heavy atom. The fraction of sp³-hybridized carbons (Fsp3) is 0.368. The molecule has 1 aromatic carbocycles. The number of amides is 1. The molecule has 0 aliphatic carbocycles. The molecule has 1 N–H and O–H groups in total. The highest BCUT2D eigenvalue weighted by molar-refractivity contribution is 5.92. The van der Waals surface area contributed by atoms with Gasteiger partial charge < -0.3 is 14.6 Å². The molecule has 2 aromatic heterocycles. The van der Waals surface area contributed by atoms with E-state index in [1.807, 2.05) is 41.2 Å². The molecule has 1 atom stereocenters. The van der Waals surface area contributed by atoms with Crippen LogP contribution in [-0.4, -0.2) is 40.7 Å². The Kier molecular flexibility index (Phi) is 5.64. The number of fused-ring (bicyclic) bond motifs is 1. The van der Waals surface area contributed by atoms with Crippen molar-refractivity contribution < 1.29 is 9.21 Å². The molecule has 0 bridgehead atoms. The number of halogens is 1. The molecule has 138 valence electrons. The van der Waals surface area contributed by atoms with E-state index in [-0.39, 0.29) is 18.3 Å². The van der Waals surface area contributed by atoms with Crippen LogP contribution in [0.3, 0.4) is 0 Å². The van der Waals surface area contributed by atoms with E-state index in [1.54, 1.807) is 18.0 Å². The molecule has 0 saturated carbocycles. The molecule has 3 aromatic rings. The monoisotopic (exact) mass is 374 g/mol. The molecule has 1 aliphatic heterocycles. The highest BCUT2D eigenvalue weighted by Gasteiger charge is 2.20. The highest BCUT2D eigenvalue weighted by atomic mass is 35.5. The third kappa shape index (κ3) is 3.76. The van der Waals surface area contributed by atoms with Crippen LogP contribution in [0.4, 0.5) is 0 Å². The number of hydrogen-bond donors (Lipinski definition) is 1. The van der Waals surface area contributed by atoms with Crippen LogP contribution in [0, 0.1) is 0 Å². The van der Waals surface area contributed by atoms with Gasteiger partial charge in [0.25, 0.3) is 5.91 Å². The van der Waals surface area contributed by atoms with Crippen LogP contribution in [0.5, 0.6) is 0 Å². The van der Waals surface area contributed by atoms with Crippen molar-refractivity contribution >= 4 is 29.3 Å². The summed E-state index contributed by atoms with van der Waals surface area (Å²) < 4.78 is 7.71. The van der Waals surface area contributed by atoms with E-state index in [0.29, 0.717) is 18.3 Å². The third-order valence-electron chi connectivity index (χ3n) is 4.69. The first kappa shape index (κ1) is 18.5. The van der Waals surface area contributed by atoms with Crippen LogP contribution >= 0.6 is 12.4 Å². The van der Waals surface area contributed by atoms with Gasteiger partial charge in [-0.05, 0) is 37.6 Å². The topological polar surface area (TPSA) is 63.3 Å². The minimum Gasteiger partial charge on any atom is -0.459 e. The van der Waals surface area contributed by atoms with Gasteiger partial charge in [-0.25, -0.2) is 0 Å². The molecular formula is C19H23ClN4O2. The van der Waals surface area contributed by atoms with Crippen LogP contribution < -0.4 is 5.32 Å². The van der Waals surface area contributed by atoms with E-state index in [4.69, 9.17) is 4.42 Å². The van der Waals surface area contributed by atoms with Gasteiger partial charge in [-0.1, -0.05) is 18.2 Å². The molecule has 4 rings (SSSR count). The lowest BCUT2D eigenvalue weighted by atomic mass is 10.1. The summed E-state index contributed by atoms with van der Waals surface area (Å²) in [6, 6.07) is 12.0. The number of nitrogens with zero attached hydrogens (tertiary/aromatic N) is 3. The number of nitrogens with one attached hydrogen (secondary N) is 1. The Hall–Kier alpha value is -2.31. The van der Waals surface area contributed by atoms with Crippen molar-refractivity contribution in [1.29, 1.82) is 0 Å². The number of benzene rings is 1. The summed E-state index contributed by atoms with van der Waals surface area (Å²) in [5.41, 5.74) is 1.32. The average Bonchev–Trinajstić information content (AvgIpc) is 3.28. The van der Waals surface area contributed by atoms with Gasteiger partial charge in [0.2, 0.25) is 0 Å². The van der Waals surface area contributed by atoms with Crippen LogP contribution in [0.2, 0.25) is 0 Å². The number of carbonyl (C=O) groups excluding carboxylic acids is 1. The Bertz CT molecular complexity index is 849. The predicted octanol–water partition coefficient (Wildman–Crippen LogP) is 3.25. The van der Waals surface area contributed by atoms with Gasteiger partial charge in [-0.2, -0.15) is 5.10 Å². The molecule has 0 radical (unpaired) electrons. The van der Waals surface area contributed by atoms with Gasteiger partial charge in [0.1, 0.15) is 17.0 Å². The largest absolute Gasteiger partial charge is 0.459 e. The molecule has 7 heteroatoms. The van der Waals surface area contributed by atoms with E-state index in [0.717, 1.165) is 42.7 Å². The Balaban J connectivity index is 0.00000196. The van der Waals surface area contributed by atoms with Gasteiger partial charge in [-0.3, -0.25) is 9.48 Å². The lowest BCUT2D eigenvalue weighted by Gasteiger charge is -2.23. The normalized spacial score (nSPS) is 17.0. The van der Waals surface area contributed by atoms with E-state index in [2.05, 4.69) is 10.4 Å². The molecule has 1 saturated heterocycles. The van der Waals surface area contributed by atoms with Crippen LogP contribution in [0.25, 0.3) is 11.0 Å². The second-order valence-corrected chi connectivity index (χ2v) is 6.59. The van der Waals surface area contributed by atoms with E-state index in [9.17, 15) is 4.79 Å². The number of carbonyl (C=O) groups is 1. The van der Waals surface area contributed by atoms with E-state index < -0.39 is 0 Å². The number of aromatic nitrogens is 2. The molecular weight excluding hydrogens is 352 g/mol. The number of furan rings is 1. The summed E-state index contributed by atoms with van der Waals surface area (Å²) >= 11 is 0. The number of para-hydroxylation sites is 1.